The van der Waals surface area contributed by atoms with Gasteiger partial charge in [-0.3, -0.25) is 0 Å². The summed E-state index contributed by atoms with van der Waals surface area (Å²) in [6.07, 6.45) is -0.654. The van der Waals surface area contributed by atoms with Crippen molar-refractivity contribution in [2.75, 3.05) is 5.32 Å². The minimum Gasteiger partial charge on any atom is -0.369 e. The fourth-order valence-corrected chi connectivity index (χ4v) is 2.72. The Morgan fingerprint density at radius 1 is 1.31 bits per heavy atom. The van der Waals surface area contributed by atoms with Gasteiger partial charge in [0.15, 0.2) is 6.23 Å². The summed E-state index contributed by atoms with van der Waals surface area (Å²) in [7, 11) is 0. The summed E-state index contributed by atoms with van der Waals surface area (Å²) >= 11 is 4.99. The second-order valence-corrected chi connectivity index (χ2v) is 5.30. The molecule has 0 aliphatic rings. The third-order valence-electron chi connectivity index (χ3n) is 2.32. The highest BCUT2D eigenvalue weighted by atomic mass is 79.9. The number of para-hydroxylation sites is 1. The number of aryl methyl sites for hydroxylation is 1. The molecule has 1 atom stereocenters. The molecule has 0 saturated heterocycles. The summed E-state index contributed by atoms with van der Waals surface area (Å²) < 4.78 is 0.947. The minimum absolute atomic E-state index is 0.654. The van der Waals surface area contributed by atoms with Gasteiger partial charge >= 0.3 is 0 Å². The van der Waals surface area contributed by atoms with E-state index in [0.29, 0.717) is 0 Å². The van der Waals surface area contributed by atoms with Crippen LogP contribution in [0.2, 0.25) is 0 Å². The lowest BCUT2D eigenvalue weighted by Crippen LogP contribution is -2.09. The van der Waals surface area contributed by atoms with Gasteiger partial charge in [0.05, 0.1) is 10.6 Å². The molecule has 2 N–H and O–H groups in total. The first kappa shape index (κ1) is 11.6. The van der Waals surface area contributed by atoms with E-state index >= 15 is 0 Å². The van der Waals surface area contributed by atoms with Crippen molar-refractivity contribution < 1.29 is 5.11 Å². The summed E-state index contributed by atoms with van der Waals surface area (Å²) in [5, 5.41) is 15.1. The van der Waals surface area contributed by atoms with E-state index in [1.165, 1.54) is 0 Å². The Labute approximate surface area is 107 Å². The van der Waals surface area contributed by atoms with Crippen LogP contribution in [0, 0.1) is 6.92 Å². The van der Waals surface area contributed by atoms with Crippen molar-refractivity contribution in [2.24, 2.45) is 0 Å². The summed E-state index contributed by atoms with van der Waals surface area (Å²) in [4.78, 5) is 0.954. The molecule has 1 unspecified atom stereocenters. The van der Waals surface area contributed by atoms with Gasteiger partial charge in [-0.05, 0) is 52.0 Å². The number of aliphatic hydroxyl groups excluding tert-OH is 1. The zero-order valence-corrected chi connectivity index (χ0v) is 11.2. The van der Waals surface area contributed by atoms with E-state index < -0.39 is 6.23 Å². The fourth-order valence-electron chi connectivity index (χ4n) is 1.46. The molecule has 1 heterocycles. The van der Waals surface area contributed by atoms with Crippen molar-refractivity contribution >= 4 is 33.0 Å². The molecule has 1 aromatic heterocycles. The van der Waals surface area contributed by atoms with E-state index in [4.69, 9.17) is 0 Å². The van der Waals surface area contributed by atoms with Crippen LogP contribution in [0.15, 0.2) is 40.2 Å². The zero-order chi connectivity index (χ0) is 11.5. The molecule has 4 heteroatoms. The maximum atomic E-state index is 10.0. The number of anilines is 1. The van der Waals surface area contributed by atoms with Crippen LogP contribution in [0.4, 0.5) is 5.69 Å². The van der Waals surface area contributed by atoms with Crippen LogP contribution in [0.1, 0.15) is 16.7 Å². The van der Waals surface area contributed by atoms with Crippen LogP contribution in [-0.2, 0) is 0 Å². The zero-order valence-electron chi connectivity index (χ0n) is 8.77. The van der Waals surface area contributed by atoms with Gasteiger partial charge in [0.25, 0.3) is 0 Å². The molecule has 0 bridgehead atoms. The van der Waals surface area contributed by atoms with Gasteiger partial charge in [-0.15, -0.1) is 11.3 Å². The van der Waals surface area contributed by atoms with E-state index in [2.05, 4.69) is 21.2 Å². The third-order valence-corrected chi connectivity index (χ3v) is 4.08. The monoisotopic (exact) mass is 297 g/mol. The van der Waals surface area contributed by atoms with Crippen LogP contribution in [0.3, 0.4) is 0 Å². The van der Waals surface area contributed by atoms with E-state index in [0.717, 1.165) is 20.6 Å². The molecular formula is C12H12BrNOS. The van der Waals surface area contributed by atoms with Crippen molar-refractivity contribution in [1.82, 2.24) is 0 Å². The highest BCUT2D eigenvalue weighted by molar-refractivity contribution is 9.10. The normalized spacial score (nSPS) is 12.4. The smallest absolute Gasteiger partial charge is 0.160 e. The van der Waals surface area contributed by atoms with Crippen LogP contribution < -0.4 is 5.32 Å². The number of nitrogens with one attached hydrogen (secondary N) is 1. The molecule has 2 aromatic rings. The lowest BCUT2D eigenvalue weighted by atomic mass is 10.2. The van der Waals surface area contributed by atoms with Crippen LogP contribution in [-0.4, -0.2) is 5.11 Å². The summed E-state index contributed by atoms with van der Waals surface area (Å²) in [5.41, 5.74) is 2.00. The summed E-state index contributed by atoms with van der Waals surface area (Å²) in [5.74, 6) is 0. The van der Waals surface area contributed by atoms with Crippen LogP contribution >= 0.6 is 27.3 Å². The second kappa shape index (κ2) is 4.99. The maximum absolute atomic E-state index is 10.0. The molecule has 0 aliphatic carbocycles. The molecule has 0 saturated carbocycles. The number of thiophene rings is 1. The Morgan fingerprint density at radius 3 is 2.69 bits per heavy atom. The quantitative estimate of drug-likeness (QED) is 0.842. The van der Waals surface area contributed by atoms with Crippen molar-refractivity contribution in [2.45, 2.75) is 13.2 Å². The molecule has 1 aromatic carbocycles. The van der Waals surface area contributed by atoms with E-state index in [-0.39, 0.29) is 0 Å². The highest BCUT2D eigenvalue weighted by Crippen LogP contribution is 2.28. The largest absolute Gasteiger partial charge is 0.369 e. The van der Waals surface area contributed by atoms with E-state index in [9.17, 15) is 5.11 Å². The molecule has 84 valence electrons. The summed E-state index contributed by atoms with van der Waals surface area (Å²) in [6.45, 7) is 2.00. The molecule has 16 heavy (non-hydrogen) atoms. The molecular weight excluding hydrogens is 286 g/mol. The first-order valence-electron chi connectivity index (χ1n) is 4.91. The Bertz CT molecular complexity index is 483. The maximum Gasteiger partial charge on any atom is 0.160 e. The first-order chi connectivity index (χ1) is 7.68. The number of halogens is 1. The average Bonchev–Trinajstić information content (AvgIpc) is 2.68. The van der Waals surface area contributed by atoms with E-state index in [1.807, 2.05) is 42.6 Å². The molecule has 2 rings (SSSR count). The number of benzene rings is 1. The Hall–Kier alpha value is -0.840. The van der Waals surface area contributed by atoms with Crippen LogP contribution in [0.25, 0.3) is 0 Å². The Morgan fingerprint density at radius 2 is 2.06 bits per heavy atom. The number of hydrogen-bond donors (Lipinski definition) is 2. The topological polar surface area (TPSA) is 32.3 Å². The second-order valence-electron chi connectivity index (χ2n) is 3.49. The van der Waals surface area contributed by atoms with Gasteiger partial charge in [-0.25, -0.2) is 0 Å². The molecule has 0 fully saturated rings. The molecule has 0 amide bonds. The van der Waals surface area contributed by atoms with Crippen molar-refractivity contribution in [1.29, 1.82) is 0 Å². The summed E-state index contributed by atoms with van der Waals surface area (Å²) in [6, 6.07) is 9.75. The van der Waals surface area contributed by atoms with Crippen molar-refractivity contribution in [3.8, 4) is 0 Å². The average molecular weight is 298 g/mol. The number of rotatable bonds is 3. The Balaban J connectivity index is 2.17. The van der Waals surface area contributed by atoms with Crippen molar-refractivity contribution in [3.63, 3.8) is 0 Å². The Kier molecular flexibility index (Phi) is 3.63. The van der Waals surface area contributed by atoms with Gasteiger partial charge < -0.3 is 10.4 Å². The highest BCUT2D eigenvalue weighted by Gasteiger charge is 2.12. The van der Waals surface area contributed by atoms with Crippen LogP contribution in [0.5, 0.6) is 0 Å². The first-order valence-corrected chi connectivity index (χ1v) is 6.59. The fraction of sp³-hybridized carbons (Fsp3) is 0.167. The van der Waals surface area contributed by atoms with Gasteiger partial charge in [-0.2, -0.15) is 0 Å². The molecule has 0 spiro atoms. The van der Waals surface area contributed by atoms with Gasteiger partial charge in [-0.1, -0.05) is 12.1 Å². The van der Waals surface area contributed by atoms with Crippen molar-refractivity contribution in [3.05, 3.63) is 50.6 Å². The number of aliphatic hydroxyl groups is 1. The predicted octanol–water partition coefficient (Wildman–Crippen LogP) is 3.92. The van der Waals surface area contributed by atoms with Gasteiger partial charge in [0, 0.05) is 4.47 Å². The third kappa shape index (κ3) is 2.45. The van der Waals surface area contributed by atoms with Gasteiger partial charge in [0.2, 0.25) is 0 Å². The van der Waals surface area contributed by atoms with E-state index in [1.54, 1.807) is 11.3 Å². The van der Waals surface area contributed by atoms with Gasteiger partial charge in [0.1, 0.15) is 0 Å². The molecule has 0 aliphatic heterocycles. The minimum atomic E-state index is -0.654. The molecule has 0 radical (unpaired) electrons. The lowest BCUT2D eigenvalue weighted by molar-refractivity contribution is 0.211. The number of hydrogen-bond acceptors (Lipinski definition) is 3. The standard InChI is InChI=1S/C12H12BrNOS/c1-8-6-7-16-11(8)12(15)14-10-5-3-2-4-9(10)13/h2-7,12,14-15H,1H3. The predicted molar refractivity (Wildman–Crippen MR) is 71.8 cm³/mol. The molecule has 2 nitrogen and oxygen atoms in total. The SMILES string of the molecule is Cc1ccsc1C(O)Nc1ccccc1Br. The lowest BCUT2D eigenvalue weighted by Gasteiger charge is -2.14.